The van der Waals surface area contributed by atoms with Crippen molar-refractivity contribution in [3.05, 3.63) is 51.4 Å². The van der Waals surface area contributed by atoms with Crippen LogP contribution in [0.25, 0.3) is 0 Å². The predicted octanol–water partition coefficient (Wildman–Crippen LogP) is 3.40. The van der Waals surface area contributed by atoms with E-state index < -0.39 is 11.6 Å². The summed E-state index contributed by atoms with van der Waals surface area (Å²) in [6, 6.07) is 6.70. The molecule has 2 aromatic rings. The van der Waals surface area contributed by atoms with Crippen LogP contribution in [0.1, 0.15) is 37.8 Å². The third-order valence-electron chi connectivity index (χ3n) is 4.69. The molecule has 0 aliphatic carbocycles. The van der Waals surface area contributed by atoms with Gasteiger partial charge in [-0.05, 0) is 45.2 Å². The van der Waals surface area contributed by atoms with Crippen LogP contribution in [0.2, 0.25) is 5.02 Å². The van der Waals surface area contributed by atoms with E-state index in [1.54, 1.807) is 13.1 Å². The molecule has 26 heavy (non-hydrogen) atoms. The molecule has 138 valence electrons. The van der Waals surface area contributed by atoms with Gasteiger partial charge in [-0.3, -0.25) is 9.59 Å². The topological polar surface area (TPSA) is 67.2 Å². The molecule has 7 heteroatoms. The first-order valence-corrected chi connectivity index (χ1v) is 9.25. The van der Waals surface area contributed by atoms with Crippen LogP contribution >= 0.6 is 11.6 Å². The Morgan fingerprint density at radius 1 is 1.19 bits per heavy atom. The Kier molecular flexibility index (Phi) is 5.61. The number of anilines is 2. The zero-order valence-electron chi connectivity index (χ0n) is 15.0. The van der Waals surface area contributed by atoms with Crippen LogP contribution in [0.5, 0.6) is 0 Å². The predicted molar refractivity (Wildman–Crippen MR) is 104 cm³/mol. The lowest BCUT2D eigenvalue weighted by molar-refractivity contribution is -0.119. The standard InChI is InChI=1S/C19H23ClN4O2/c1-13-6-8-15(9-7-13)22-18(25)14(2)24-19(26)17(20)16(12-21-24)23-10-4-3-5-11-23/h6-9,12,14H,3-5,10-11H2,1-2H3,(H,22,25)/t14-/m1/s1. The maximum absolute atomic E-state index is 12.6. The first-order valence-electron chi connectivity index (χ1n) is 8.87. The maximum atomic E-state index is 12.6. The molecule has 0 spiro atoms. The van der Waals surface area contributed by atoms with Crippen LogP contribution in [0.3, 0.4) is 0 Å². The molecule has 1 N–H and O–H groups in total. The first-order chi connectivity index (χ1) is 12.5. The lowest BCUT2D eigenvalue weighted by Gasteiger charge is -2.29. The summed E-state index contributed by atoms with van der Waals surface area (Å²) in [5.41, 5.74) is 1.99. The molecule has 2 heterocycles. The van der Waals surface area contributed by atoms with E-state index in [9.17, 15) is 9.59 Å². The third-order valence-corrected chi connectivity index (χ3v) is 5.04. The molecule has 1 aliphatic heterocycles. The van der Waals surface area contributed by atoms with Gasteiger partial charge in [0.05, 0.1) is 11.9 Å². The summed E-state index contributed by atoms with van der Waals surface area (Å²) in [5, 5.41) is 7.13. The fourth-order valence-electron chi connectivity index (χ4n) is 3.06. The van der Waals surface area contributed by atoms with Crippen LogP contribution in [0, 0.1) is 6.92 Å². The highest BCUT2D eigenvalue weighted by molar-refractivity contribution is 6.33. The largest absolute Gasteiger partial charge is 0.369 e. The summed E-state index contributed by atoms with van der Waals surface area (Å²) in [6.45, 7) is 5.35. The Labute approximate surface area is 157 Å². The second-order valence-electron chi connectivity index (χ2n) is 6.67. The van der Waals surface area contributed by atoms with E-state index in [2.05, 4.69) is 15.3 Å². The van der Waals surface area contributed by atoms with Crippen molar-refractivity contribution in [2.24, 2.45) is 0 Å². The lowest BCUT2D eigenvalue weighted by Crippen LogP contribution is -2.36. The van der Waals surface area contributed by atoms with Crippen molar-refractivity contribution >= 4 is 28.9 Å². The van der Waals surface area contributed by atoms with E-state index in [0.29, 0.717) is 11.4 Å². The summed E-state index contributed by atoms with van der Waals surface area (Å²) >= 11 is 6.31. The Morgan fingerprint density at radius 3 is 2.50 bits per heavy atom. The summed E-state index contributed by atoms with van der Waals surface area (Å²) in [7, 11) is 0. The van der Waals surface area contributed by atoms with Crippen molar-refractivity contribution in [2.75, 3.05) is 23.3 Å². The van der Waals surface area contributed by atoms with E-state index in [1.165, 1.54) is 6.42 Å². The van der Waals surface area contributed by atoms with Gasteiger partial charge in [-0.2, -0.15) is 5.10 Å². The zero-order chi connectivity index (χ0) is 18.7. The number of aryl methyl sites for hydroxylation is 1. The minimum atomic E-state index is -0.767. The van der Waals surface area contributed by atoms with E-state index >= 15 is 0 Å². The van der Waals surface area contributed by atoms with E-state index in [0.717, 1.165) is 36.2 Å². The number of amides is 1. The van der Waals surface area contributed by atoms with Crippen molar-refractivity contribution in [3.63, 3.8) is 0 Å². The molecule has 1 amide bonds. The Balaban J connectivity index is 1.79. The van der Waals surface area contributed by atoms with Gasteiger partial charge in [-0.1, -0.05) is 29.3 Å². The Morgan fingerprint density at radius 2 is 1.85 bits per heavy atom. The van der Waals surface area contributed by atoms with Gasteiger partial charge in [-0.15, -0.1) is 0 Å². The number of aromatic nitrogens is 2. The van der Waals surface area contributed by atoms with Gasteiger partial charge in [0, 0.05) is 18.8 Å². The van der Waals surface area contributed by atoms with Gasteiger partial charge in [0.25, 0.3) is 5.56 Å². The highest BCUT2D eigenvalue weighted by Gasteiger charge is 2.22. The lowest BCUT2D eigenvalue weighted by atomic mass is 10.1. The molecule has 1 saturated heterocycles. The number of rotatable bonds is 4. The maximum Gasteiger partial charge on any atom is 0.288 e. The second-order valence-corrected chi connectivity index (χ2v) is 7.05. The monoisotopic (exact) mass is 374 g/mol. The first kappa shape index (κ1) is 18.5. The molecule has 3 rings (SSSR count). The molecule has 6 nitrogen and oxygen atoms in total. The smallest absolute Gasteiger partial charge is 0.288 e. The fraction of sp³-hybridized carbons (Fsp3) is 0.421. The number of piperidine rings is 1. The van der Waals surface area contributed by atoms with Crippen LogP contribution < -0.4 is 15.8 Å². The van der Waals surface area contributed by atoms with Crippen LogP contribution in [-0.2, 0) is 4.79 Å². The number of benzene rings is 1. The third kappa shape index (κ3) is 3.90. The van der Waals surface area contributed by atoms with Crippen molar-refractivity contribution in [1.29, 1.82) is 0 Å². The molecule has 1 aliphatic rings. The Hall–Kier alpha value is -2.34. The molecular weight excluding hydrogens is 352 g/mol. The molecule has 0 unspecified atom stereocenters. The quantitative estimate of drug-likeness (QED) is 0.890. The normalized spacial score (nSPS) is 15.6. The molecule has 1 aromatic heterocycles. The summed E-state index contributed by atoms with van der Waals surface area (Å²) in [6.07, 6.45) is 4.93. The van der Waals surface area contributed by atoms with Crippen molar-refractivity contribution in [2.45, 2.75) is 39.2 Å². The number of carbonyl (C=O) groups is 1. The number of hydrogen-bond acceptors (Lipinski definition) is 4. The zero-order valence-corrected chi connectivity index (χ0v) is 15.8. The average Bonchev–Trinajstić information content (AvgIpc) is 2.66. The van der Waals surface area contributed by atoms with Gasteiger partial charge in [0.2, 0.25) is 5.91 Å². The number of hydrogen-bond donors (Lipinski definition) is 1. The van der Waals surface area contributed by atoms with Gasteiger partial charge < -0.3 is 10.2 Å². The van der Waals surface area contributed by atoms with Crippen LogP contribution in [0.15, 0.2) is 35.3 Å². The SMILES string of the molecule is Cc1ccc(NC(=O)[C@@H](C)n2ncc(N3CCCCC3)c(Cl)c2=O)cc1. The van der Waals surface area contributed by atoms with Crippen LogP contribution in [-0.4, -0.2) is 28.8 Å². The van der Waals surface area contributed by atoms with E-state index in [-0.39, 0.29) is 10.9 Å². The van der Waals surface area contributed by atoms with Crippen molar-refractivity contribution in [3.8, 4) is 0 Å². The van der Waals surface area contributed by atoms with Gasteiger partial charge >= 0.3 is 0 Å². The van der Waals surface area contributed by atoms with Crippen molar-refractivity contribution in [1.82, 2.24) is 9.78 Å². The number of nitrogens with one attached hydrogen (secondary N) is 1. The molecule has 1 atom stereocenters. The molecule has 1 fully saturated rings. The number of nitrogens with zero attached hydrogens (tertiary/aromatic N) is 3. The molecule has 1 aromatic carbocycles. The summed E-state index contributed by atoms with van der Waals surface area (Å²) in [5.74, 6) is -0.315. The molecule has 0 radical (unpaired) electrons. The summed E-state index contributed by atoms with van der Waals surface area (Å²) in [4.78, 5) is 27.2. The fourth-order valence-corrected chi connectivity index (χ4v) is 3.32. The minimum absolute atomic E-state index is 0.122. The van der Waals surface area contributed by atoms with E-state index in [1.807, 2.05) is 31.2 Å². The average molecular weight is 375 g/mol. The highest BCUT2D eigenvalue weighted by atomic mass is 35.5. The molecular formula is C19H23ClN4O2. The second kappa shape index (κ2) is 7.91. The summed E-state index contributed by atoms with van der Waals surface area (Å²) < 4.78 is 1.14. The van der Waals surface area contributed by atoms with E-state index in [4.69, 9.17) is 11.6 Å². The van der Waals surface area contributed by atoms with Gasteiger partial charge in [0.15, 0.2) is 0 Å². The highest BCUT2D eigenvalue weighted by Crippen LogP contribution is 2.25. The van der Waals surface area contributed by atoms with Gasteiger partial charge in [0.1, 0.15) is 11.1 Å². The number of carbonyl (C=O) groups excluding carboxylic acids is 1. The van der Waals surface area contributed by atoms with Crippen LogP contribution in [0.4, 0.5) is 11.4 Å². The van der Waals surface area contributed by atoms with Gasteiger partial charge in [-0.25, -0.2) is 4.68 Å². The molecule has 0 bridgehead atoms. The number of halogens is 1. The van der Waals surface area contributed by atoms with Crippen molar-refractivity contribution < 1.29 is 4.79 Å². The molecule has 0 saturated carbocycles. The minimum Gasteiger partial charge on any atom is -0.369 e. The Bertz CT molecular complexity index is 842.